The summed E-state index contributed by atoms with van der Waals surface area (Å²) in [5.41, 5.74) is 5.74. The van der Waals surface area contributed by atoms with Gasteiger partial charge in [-0.25, -0.2) is 8.42 Å². The summed E-state index contributed by atoms with van der Waals surface area (Å²) < 4.78 is 22.8. The number of sulfone groups is 1. The first kappa shape index (κ1) is 12.2. The van der Waals surface area contributed by atoms with Gasteiger partial charge in [0.2, 0.25) is 0 Å². The molecule has 5 heteroatoms. The normalized spacial score (nSPS) is 13.8. The molecule has 84 valence electrons. The van der Waals surface area contributed by atoms with Crippen molar-refractivity contribution < 1.29 is 13.5 Å². The first-order valence-corrected chi connectivity index (χ1v) is 6.53. The first-order valence-electron chi connectivity index (χ1n) is 4.64. The number of nitrogens with two attached hydrogens (primary N) is 1. The van der Waals surface area contributed by atoms with Gasteiger partial charge in [-0.2, -0.15) is 0 Å². The van der Waals surface area contributed by atoms with Crippen LogP contribution in [0.4, 0.5) is 0 Å². The van der Waals surface area contributed by atoms with Crippen LogP contribution in [0, 0.1) is 0 Å². The molecule has 0 aromatic heterocycles. The third kappa shape index (κ3) is 3.02. The minimum Gasteiger partial charge on any atom is -0.388 e. The van der Waals surface area contributed by atoms with Crippen molar-refractivity contribution in [2.75, 3.05) is 12.8 Å². The lowest BCUT2D eigenvalue weighted by Crippen LogP contribution is -2.10. The van der Waals surface area contributed by atoms with Crippen LogP contribution in [0.3, 0.4) is 0 Å². The van der Waals surface area contributed by atoms with Crippen molar-refractivity contribution in [2.45, 2.75) is 17.4 Å². The molecule has 4 nitrogen and oxygen atoms in total. The van der Waals surface area contributed by atoms with E-state index in [9.17, 15) is 13.5 Å². The van der Waals surface area contributed by atoms with Gasteiger partial charge in [0.15, 0.2) is 9.84 Å². The zero-order valence-corrected chi connectivity index (χ0v) is 9.37. The molecular formula is C10H15NO3S. The Morgan fingerprint density at radius 1 is 1.40 bits per heavy atom. The van der Waals surface area contributed by atoms with E-state index in [1.807, 2.05) is 0 Å². The molecule has 0 spiro atoms. The van der Waals surface area contributed by atoms with E-state index < -0.39 is 15.9 Å². The third-order valence-electron chi connectivity index (χ3n) is 2.12. The van der Waals surface area contributed by atoms with Gasteiger partial charge in [-0.05, 0) is 24.6 Å². The summed E-state index contributed by atoms with van der Waals surface area (Å²) in [7, 11) is -3.30. The maximum Gasteiger partial charge on any atom is 0.175 e. The number of hydrogen-bond donors (Lipinski definition) is 2. The molecule has 0 bridgehead atoms. The highest BCUT2D eigenvalue weighted by Crippen LogP contribution is 2.23. The predicted molar refractivity (Wildman–Crippen MR) is 58.2 cm³/mol. The SMILES string of the molecule is CS(=O)(=O)c1ccccc1[C@@H](O)CCN. The summed E-state index contributed by atoms with van der Waals surface area (Å²) in [6, 6.07) is 6.43. The average molecular weight is 229 g/mol. The summed E-state index contributed by atoms with van der Waals surface area (Å²) in [4.78, 5) is 0.172. The van der Waals surface area contributed by atoms with Crippen LogP contribution in [0.2, 0.25) is 0 Å². The standard InChI is InChI=1S/C10H15NO3S/c1-15(13,14)10-5-3-2-4-8(10)9(12)6-7-11/h2-5,9,12H,6-7,11H2,1H3/t9-/m0/s1. The summed E-state index contributed by atoms with van der Waals surface area (Å²) in [6.45, 7) is 0.319. The number of benzene rings is 1. The minimum atomic E-state index is -3.30. The Hall–Kier alpha value is -0.910. The van der Waals surface area contributed by atoms with Crippen molar-refractivity contribution in [3.05, 3.63) is 29.8 Å². The van der Waals surface area contributed by atoms with Gasteiger partial charge < -0.3 is 10.8 Å². The molecule has 0 aliphatic carbocycles. The van der Waals surface area contributed by atoms with Gasteiger partial charge >= 0.3 is 0 Å². The van der Waals surface area contributed by atoms with Crippen LogP contribution in [0.5, 0.6) is 0 Å². The highest BCUT2D eigenvalue weighted by molar-refractivity contribution is 7.90. The number of aliphatic hydroxyl groups excluding tert-OH is 1. The van der Waals surface area contributed by atoms with Gasteiger partial charge in [0.1, 0.15) is 0 Å². The van der Waals surface area contributed by atoms with Crippen LogP contribution in [0.15, 0.2) is 29.2 Å². The molecule has 1 aromatic carbocycles. The van der Waals surface area contributed by atoms with Crippen molar-refractivity contribution >= 4 is 9.84 Å². The molecule has 0 aliphatic rings. The van der Waals surface area contributed by atoms with Crippen molar-refractivity contribution in [1.82, 2.24) is 0 Å². The molecule has 1 aromatic rings. The highest BCUT2D eigenvalue weighted by Gasteiger charge is 2.17. The predicted octanol–water partition coefficient (Wildman–Crippen LogP) is 0.472. The number of hydrogen-bond acceptors (Lipinski definition) is 4. The maximum absolute atomic E-state index is 11.4. The fourth-order valence-electron chi connectivity index (χ4n) is 1.41. The summed E-state index contributed by atoms with van der Waals surface area (Å²) in [5, 5.41) is 9.72. The topological polar surface area (TPSA) is 80.4 Å². The molecule has 1 rings (SSSR count). The quantitative estimate of drug-likeness (QED) is 0.786. The number of rotatable bonds is 4. The smallest absolute Gasteiger partial charge is 0.175 e. The lowest BCUT2D eigenvalue weighted by molar-refractivity contribution is 0.167. The Balaban J connectivity index is 3.18. The summed E-state index contributed by atoms with van der Waals surface area (Å²) in [5.74, 6) is 0. The van der Waals surface area contributed by atoms with Gasteiger partial charge in [0.25, 0.3) is 0 Å². The van der Waals surface area contributed by atoms with E-state index >= 15 is 0 Å². The molecule has 3 N–H and O–H groups in total. The van der Waals surface area contributed by atoms with E-state index in [2.05, 4.69) is 0 Å². The molecule has 15 heavy (non-hydrogen) atoms. The Bertz CT molecular complexity index is 428. The zero-order valence-electron chi connectivity index (χ0n) is 8.55. The lowest BCUT2D eigenvalue weighted by atomic mass is 10.1. The molecule has 0 heterocycles. The fraction of sp³-hybridized carbons (Fsp3) is 0.400. The second-order valence-corrected chi connectivity index (χ2v) is 5.39. The van der Waals surface area contributed by atoms with Crippen molar-refractivity contribution in [3.63, 3.8) is 0 Å². The van der Waals surface area contributed by atoms with Crippen LogP contribution in [0.1, 0.15) is 18.1 Å². The first-order chi connectivity index (χ1) is 6.96. The fourth-order valence-corrected chi connectivity index (χ4v) is 2.36. The summed E-state index contributed by atoms with van der Waals surface area (Å²) >= 11 is 0. The molecule has 0 amide bonds. The van der Waals surface area contributed by atoms with E-state index in [0.717, 1.165) is 6.26 Å². The molecule has 0 saturated heterocycles. The molecule has 0 aliphatic heterocycles. The Kier molecular flexibility index (Phi) is 3.84. The Morgan fingerprint density at radius 3 is 2.53 bits per heavy atom. The van der Waals surface area contributed by atoms with Gasteiger partial charge in [-0.15, -0.1) is 0 Å². The van der Waals surface area contributed by atoms with E-state index in [1.165, 1.54) is 6.07 Å². The van der Waals surface area contributed by atoms with Crippen LogP contribution in [0.25, 0.3) is 0 Å². The van der Waals surface area contributed by atoms with Crippen LogP contribution >= 0.6 is 0 Å². The van der Waals surface area contributed by atoms with Crippen molar-refractivity contribution in [2.24, 2.45) is 5.73 Å². The summed E-state index contributed by atoms with van der Waals surface area (Å²) in [6.07, 6.45) is 0.661. The van der Waals surface area contributed by atoms with E-state index in [1.54, 1.807) is 18.2 Å². The molecule has 0 fully saturated rings. The second-order valence-electron chi connectivity index (χ2n) is 3.40. The second kappa shape index (κ2) is 4.74. The maximum atomic E-state index is 11.4. The van der Waals surface area contributed by atoms with Crippen LogP contribution in [-0.2, 0) is 9.84 Å². The Morgan fingerprint density at radius 2 is 2.00 bits per heavy atom. The zero-order chi connectivity index (χ0) is 11.5. The largest absolute Gasteiger partial charge is 0.388 e. The molecule has 0 radical (unpaired) electrons. The monoisotopic (exact) mass is 229 g/mol. The molecular weight excluding hydrogens is 214 g/mol. The van der Waals surface area contributed by atoms with Crippen LogP contribution < -0.4 is 5.73 Å². The van der Waals surface area contributed by atoms with Gasteiger partial charge in [0.05, 0.1) is 11.0 Å². The lowest BCUT2D eigenvalue weighted by Gasteiger charge is -2.13. The average Bonchev–Trinajstić information content (AvgIpc) is 2.17. The molecule has 1 atom stereocenters. The van der Waals surface area contributed by atoms with E-state index in [4.69, 9.17) is 5.73 Å². The van der Waals surface area contributed by atoms with E-state index in [-0.39, 0.29) is 4.90 Å². The van der Waals surface area contributed by atoms with E-state index in [0.29, 0.717) is 18.5 Å². The third-order valence-corrected chi connectivity index (χ3v) is 3.29. The Labute approximate surface area is 89.7 Å². The number of aliphatic hydroxyl groups is 1. The molecule has 0 unspecified atom stereocenters. The van der Waals surface area contributed by atoms with Gasteiger partial charge in [-0.1, -0.05) is 18.2 Å². The van der Waals surface area contributed by atoms with Crippen molar-refractivity contribution in [1.29, 1.82) is 0 Å². The van der Waals surface area contributed by atoms with Gasteiger partial charge in [0, 0.05) is 6.26 Å². The van der Waals surface area contributed by atoms with Gasteiger partial charge in [-0.3, -0.25) is 0 Å². The van der Waals surface area contributed by atoms with Crippen LogP contribution in [-0.4, -0.2) is 26.3 Å². The highest BCUT2D eigenvalue weighted by atomic mass is 32.2. The van der Waals surface area contributed by atoms with Crippen molar-refractivity contribution in [3.8, 4) is 0 Å². The molecule has 0 saturated carbocycles. The minimum absolute atomic E-state index is 0.172.